The number of hydrogen-bond acceptors (Lipinski definition) is 7. The molecule has 0 saturated carbocycles. The molecule has 0 spiro atoms. The molecule has 1 amide bonds. The summed E-state index contributed by atoms with van der Waals surface area (Å²) >= 11 is 0. The van der Waals surface area contributed by atoms with Crippen molar-refractivity contribution in [2.75, 3.05) is 40.5 Å². The Morgan fingerprint density at radius 1 is 1.09 bits per heavy atom. The van der Waals surface area contributed by atoms with Crippen LogP contribution >= 0.6 is 0 Å². The van der Waals surface area contributed by atoms with Crippen LogP contribution in [0, 0.1) is 0 Å². The van der Waals surface area contributed by atoms with Gasteiger partial charge in [0.25, 0.3) is 5.91 Å². The van der Waals surface area contributed by atoms with Crippen molar-refractivity contribution >= 4 is 15.9 Å². The van der Waals surface area contributed by atoms with Crippen LogP contribution in [0.3, 0.4) is 0 Å². The van der Waals surface area contributed by atoms with E-state index in [2.05, 4.69) is 10.0 Å². The fourth-order valence-electron chi connectivity index (χ4n) is 3.40. The lowest BCUT2D eigenvalue weighted by atomic mass is 10.1. The summed E-state index contributed by atoms with van der Waals surface area (Å²) in [5.41, 5.74) is 0.914. The van der Waals surface area contributed by atoms with Crippen LogP contribution in [-0.2, 0) is 26.0 Å². The molecule has 1 aliphatic rings. The molecule has 0 bridgehead atoms. The van der Waals surface area contributed by atoms with E-state index < -0.39 is 10.0 Å². The summed E-state index contributed by atoms with van der Waals surface area (Å²) in [5.74, 6) is 1.36. The van der Waals surface area contributed by atoms with Gasteiger partial charge in [-0.05, 0) is 61.2 Å². The zero-order chi connectivity index (χ0) is 23.7. The second-order valence-electron chi connectivity index (χ2n) is 7.54. The fraction of sp³-hybridized carbons (Fsp3) is 0.435. The Balaban J connectivity index is 1.45. The van der Waals surface area contributed by atoms with Gasteiger partial charge in [0.1, 0.15) is 5.75 Å². The largest absolute Gasteiger partial charge is 0.493 e. The summed E-state index contributed by atoms with van der Waals surface area (Å²) in [7, 11) is -0.570. The number of sulfonamides is 1. The zero-order valence-electron chi connectivity index (χ0n) is 18.8. The molecule has 0 aliphatic carbocycles. The van der Waals surface area contributed by atoms with Gasteiger partial charge in [-0.3, -0.25) is 4.79 Å². The van der Waals surface area contributed by atoms with Gasteiger partial charge in [-0.15, -0.1) is 0 Å². The van der Waals surface area contributed by atoms with Gasteiger partial charge in [0.05, 0.1) is 25.2 Å². The van der Waals surface area contributed by atoms with Crippen LogP contribution in [0.4, 0.5) is 0 Å². The maximum absolute atomic E-state index is 12.6. The van der Waals surface area contributed by atoms with Gasteiger partial charge in [0, 0.05) is 19.7 Å². The minimum absolute atomic E-state index is 0.0673. The predicted molar refractivity (Wildman–Crippen MR) is 122 cm³/mol. The smallest absolute Gasteiger partial charge is 0.258 e. The highest BCUT2D eigenvalue weighted by atomic mass is 32.2. The number of methoxy groups -OCH3 is 2. The number of rotatable bonds is 12. The van der Waals surface area contributed by atoms with Crippen LogP contribution in [0.25, 0.3) is 0 Å². The van der Waals surface area contributed by atoms with Crippen molar-refractivity contribution in [2.24, 2.45) is 0 Å². The summed E-state index contributed by atoms with van der Waals surface area (Å²) in [5, 5.41) is 2.77. The SMILES string of the molecule is COc1ccc(CCNS(=O)(=O)c2ccc(OCC(=O)NC[C@H]3CCCO3)cc2)cc1OC. The number of ether oxygens (including phenoxy) is 4. The van der Waals surface area contributed by atoms with Gasteiger partial charge in [-0.2, -0.15) is 0 Å². The van der Waals surface area contributed by atoms with E-state index in [1.807, 2.05) is 12.1 Å². The van der Waals surface area contributed by atoms with Crippen molar-refractivity contribution in [3.63, 3.8) is 0 Å². The highest BCUT2D eigenvalue weighted by molar-refractivity contribution is 7.89. The summed E-state index contributed by atoms with van der Waals surface area (Å²) in [6.07, 6.45) is 2.51. The maximum atomic E-state index is 12.6. The molecule has 33 heavy (non-hydrogen) atoms. The third-order valence-electron chi connectivity index (χ3n) is 5.21. The average Bonchev–Trinajstić information content (AvgIpc) is 3.35. The molecule has 2 aromatic rings. The zero-order valence-corrected chi connectivity index (χ0v) is 19.7. The molecule has 1 aliphatic heterocycles. The van der Waals surface area contributed by atoms with Crippen molar-refractivity contribution < 1.29 is 32.2 Å². The molecule has 180 valence electrons. The van der Waals surface area contributed by atoms with Crippen LogP contribution in [-0.4, -0.2) is 61.0 Å². The van der Waals surface area contributed by atoms with Crippen LogP contribution in [0.2, 0.25) is 0 Å². The lowest BCUT2D eigenvalue weighted by molar-refractivity contribution is -0.123. The number of carbonyl (C=O) groups excluding carboxylic acids is 1. The van der Waals surface area contributed by atoms with Crippen molar-refractivity contribution in [1.29, 1.82) is 0 Å². The van der Waals surface area contributed by atoms with Crippen molar-refractivity contribution in [2.45, 2.75) is 30.3 Å². The molecule has 0 unspecified atom stereocenters. The summed E-state index contributed by atoms with van der Waals surface area (Å²) < 4.78 is 49.1. The third-order valence-corrected chi connectivity index (χ3v) is 6.69. The first-order valence-electron chi connectivity index (χ1n) is 10.7. The molecule has 1 heterocycles. The number of hydrogen-bond donors (Lipinski definition) is 2. The summed E-state index contributed by atoms with van der Waals surface area (Å²) in [6.45, 7) is 1.27. The second kappa shape index (κ2) is 11.9. The molecular weight excluding hydrogens is 448 g/mol. The van der Waals surface area contributed by atoms with Gasteiger partial charge >= 0.3 is 0 Å². The molecule has 2 aromatic carbocycles. The third kappa shape index (κ3) is 7.34. The van der Waals surface area contributed by atoms with Crippen molar-refractivity contribution in [3.05, 3.63) is 48.0 Å². The van der Waals surface area contributed by atoms with E-state index in [1.165, 1.54) is 24.3 Å². The van der Waals surface area contributed by atoms with Gasteiger partial charge in [0.2, 0.25) is 10.0 Å². The minimum Gasteiger partial charge on any atom is -0.493 e. The number of amides is 1. The van der Waals surface area contributed by atoms with Crippen LogP contribution in [0.5, 0.6) is 17.2 Å². The Bertz CT molecular complexity index is 1020. The van der Waals surface area contributed by atoms with E-state index in [9.17, 15) is 13.2 Å². The predicted octanol–water partition coefficient (Wildman–Crippen LogP) is 1.90. The monoisotopic (exact) mass is 478 g/mol. The van der Waals surface area contributed by atoms with Gasteiger partial charge in [0.15, 0.2) is 18.1 Å². The number of nitrogens with one attached hydrogen (secondary N) is 2. The molecule has 0 aromatic heterocycles. The highest BCUT2D eigenvalue weighted by Gasteiger charge is 2.17. The van der Waals surface area contributed by atoms with Crippen molar-refractivity contribution in [1.82, 2.24) is 10.0 Å². The van der Waals surface area contributed by atoms with Crippen LogP contribution in [0.15, 0.2) is 47.4 Å². The van der Waals surface area contributed by atoms with E-state index >= 15 is 0 Å². The Morgan fingerprint density at radius 2 is 1.85 bits per heavy atom. The molecule has 0 radical (unpaired) electrons. The number of benzene rings is 2. The lowest BCUT2D eigenvalue weighted by Crippen LogP contribution is -2.35. The standard InChI is InChI=1S/C23H30N2O7S/c1-29-21-10-5-17(14-22(21)30-2)11-12-25-33(27,28)20-8-6-18(7-9-20)32-16-23(26)24-15-19-4-3-13-31-19/h5-10,14,19,25H,3-4,11-13,15-16H2,1-2H3,(H,24,26)/t19-/m1/s1. The lowest BCUT2D eigenvalue weighted by Gasteiger charge is -2.12. The van der Waals surface area contributed by atoms with E-state index in [0.29, 0.717) is 30.2 Å². The topological polar surface area (TPSA) is 112 Å². The van der Waals surface area contributed by atoms with E-state index in [4.69, 9.17) is 18.9 Å². The quantitative estimate of drug-likeness (QED) is 0.479. The Morgan fingerprint density at radius 3 is 2.52 bits per heavy atom. The minimum atomic E-state index is -3.68. The van der Waals surface area contributed by atoms with Gasteiger partial charge in [-0.25, -0.2) is 13.1 Å². The Kier molecular flexibility index (Phi) is 8.93. The molecule has 9 nitrogen and oxygen atoms in total. The van der Waals surface area contributed by atoms with Crippen molar-refractivity contribution in [3.8, 4) is 17.2 Å². The van der Waals surface area contributed by atoms with E-state index in [0.717, 1.165) is 25.0 Å². The number of carbonyl (C=O) groups is 1. The molecule has 1 saturated heterocycles. The molecule has 3 rings (SSSR count). The highest BCUT2D eigenvalue weighted by Crippen LogP contribution is 2.27. The summed E-state index contributed by atoms with van der Waals surface area (Å²) in [4.78, 5) is 12.0. The van der Waals surface area contributed by atoms with Gasteiger partial charge < -0.3 is 24.3 Å². The molecule has 2 N–H and O–H groups in total. The summed E-state index contributed by atoms with van der Waals surface area (Å²) in [6, 6.07) is 11.4. The second-order valence-corrected chi connectivity index (χ2v) is 9.30. The first-order valence-corrected chi connectivity index (χ1v) is 12.2. The Hall–Kier alpha value is -2.82. The Labute approximate surface area is 194 Å². The van der Waals surface area contributed by atoms with E-state index in [1.54, 1.807) is 20.3 Å². The first kappa shape index (κ1) is 24.8. The molecule has 10 heteroatoms. The maximum Gasteiger partial charge on any atom is 0.258 e. The normalized spacial score (nSPS) is 15.8. The molecular formula is C23H30N2O7S. The molecule has 1 fully saturated rings. The fourth-order valence-corrected chi connectivity index (χ4v) is 4.43. The van der Waals surface area contributed by atoms with Crippen LogP contribution < -0.4 is 24.2 Å². The first-order chi connectivity index (χ1) is 15.9. The van der Waals surface area contributed by atoms with E-state index in [-0.39, 0.29) is 30.1 Å². The van der Waals surface area contributed by atoms with Gasteiger partial charge in [-0.1, -0.05) is 6.07 Å². The molecule has 1 atom stereocenters. The van der Waals surface area contributed by atoms with Crippen LogP contribution in [0.1, 0.15) is 18.4 Å². The average molecular weight is 479 g/mol.